The molecule has 1 aliphatic rings. The van der Waals surface area contributed by atoms with Gasteiger partial charge in [-0.3, -0.25) is 0 Å². The van der Waals surface area contributed by atoms with Crippen LogP contribution in [0.25, 0.3) is 93.6 Å². The first kappa shape index (κ1) is 37.7. The molecule has 1 N–H and O–H groups in total. The number of fused-ring (bicyclic) bond motifs is 7. The second-order valence-corrected chi connectivity index (χ2v) is 17.0. The van der Waals surface area contributed by atoms with Crippen LogP contribution in [0.1, 0.15) is 22.9 Å². The van der Waals surface area contributed by atoms with Gasteiger partial charge in [-0.05, 0) is 92.7 Å². The molecule has 12 aromatic rings. The molecule has 1 aliphatic heterocycles. The van der Waals surface area contributed by atoms with Crippen molar-refractivity contribution in [3.63, 3.8) is 0 Å². The van der Waals surface area contributed by atoms with Gasteiger partial charge in [-0.25, -0.2) is 9.98 Å². The van der Waals surface area contributed by atoms with Gasteiger partial charge in [-0.1, -0.05) is 182 Å². The lowest BCUT2D eigenvalue weighted by Gasteiger charge is -2.25. The number of hydrogen-bond acceptors (Lipinski definition) is 4. The maximum absolute atomic E-state index is 6.77. The van der Waals surface area contributed by atoms with E-state index in [1.165, 1.54) is 32.7 Å². The van der Waals surface area contributed by atoms with Crippen molar-refractivity contribution in [2.24, 2.45) is 9.98 Å². The third-order valence-corrected chi connectivity index (χ3v) is 13.1. The molecule has 10 aromatic carbocycles. The fourth-order valence-electron chi connectivity index (χ4n) is 9.84. The first-order chi connectivity index (χ1) is 32.7. The summed E-state index contributed by atoms with van der Waals surface area (Å²) < 4.78 is 9.17. The average Bonchev–Trinajstić information content (AvgIpc) is 3.94. The van der Waals surface area contributed by atoms with Gasteiger partial charge in [0.25, 0.3) is 0 Å². The molecule has 66 heavy (non-hydrogen) atoms. The lowest BCUT2D eigenvalue weighted by Crippen LogP contribution is -2.33. The van der Waals surface area contributed by atoms with Crippen molar-refractivity contribution in [2.45, 2.75) is 6.17 Å². The molecule has 0 fully saturated rings. The number of para-hydroxylation sites is 3. The van der Waals surface area contributed by atoms with E-state index < -0.39 is 0 Å². The van der Waals surface area contributed by atoms with E-state index in [-0.39, 0.29) is 6.17 Å². The van der Waals surface area contributed by atoms with Gasteiger partial charge in [-0.15, -0.1) is 0 Å². The van der Waals surface area contributed by atoms with E-state index in [0.717, 1.165) is 83.4 Å². The minimum absolute atomic E-state index is 0.386. The van der Waals surface area contributed by atoms with Crippen LogP contribution in [0, 0.1) is 0 Å². The number of benzene rings is 10. The molecule has 0 amide bonds. The number of furan rings is 1. The summed E-state index contributed by atoms with van der Waals surface area (Å²) in [6.45, 7) is 0. The van der Waals surface area contributed by atoms with Gasteiger partial charge < -0.3 is 14.3 Å². The normalized spacial score (nSPS) is 13.9. The van der Waals surface area contributed by atoms with Gasteiger partial charge in [0.05, 0.1) is 11.0 Å². The highest BCUT2D eigenvalue weighted by molar-refractivity contribution is 6.18. The standard InChI is InChI=1S/C61H40N4O/c1-3-15-39(16-4-1)40-29-31-41(32-30-40)43-21-13-22-46(35-43)60-62-59(42-17-5-2-6-18-42)63-61(64-60)52-34-33-47(38-53(52)51-26-14-25-50-49-24-10-12-28-57(49)66-58(50)51)65-55-27-11-9-23-48(55)54-36-44-19-7-8-20-45(44)37-56(54)65/h1-38,59H,(H,62,63,64). The van der Waals surface area contributed by atoms with Crippen molar-refractivity contribution in [3.05, 3.63) is 247 Å². The molecule has 13 rings (SSSR count). The van der Waals surface area contributed by atoms with E-state index >= 15 is 0 Å². The topological polar surface area (TPSA) is 54.8 Å². The molecule has 0 saturated carbocycles. The van der Waals surface area contributed by atoms with E-state index in [1.807, 2.05) is 18.2 Å². The van der Waals surface area contributed by atoms with E-state index in [9.17, 15) is 0 Å². The summed E-state index contributed by atoms with van der Waals surface area (Å²) in [5, 5.41) is 10.7. The molecule has 0 aliphatic carbocycles. The summed E-state index contributed by atoms with van der Waals surface area (Å²) in [6, 6.07) is 81.7. The van der Waals surface area contributed by atoms with Crippen LogP contribution in [0.15, 0.2) is 245 Å². The van der Waals surface area contributed by atoms with Crippen LogP contribution < -0.4 is 5.32 Å². The van der Waals surface area contributed by atoms with Gasteiger partial charge in [0, 0.05) is 43.9 Å². The molecule has 310 valence electrons. The molecule has 0 radical (unpaired) electrons. The number of nitrogens with one attached hydrogen (secondary N) is 1. The van der Waals surface area contributed by atoms with Crippen LogP contribution >= 0.6 is 0 Å². The zero-order valence-electron chi connectivity index (χ0n) is 35.8. The highest BCUT2D eigenvalue weighted by Crippen LogP contribution is 2.41. The molecular formula is C61H40N4O. The van der Waals surface area contributed by atoms with E-state index in [4.69, 9.17) is 14.4 Å². The molecule has 3 heterocycles. The summed E-state index contributed by atoms with van der Waals surface area (Å²) in [4.78, 5) is 10.9. The van der Waals surface area contributed by atoms with Gasteiger partial charge in [-0.2, -0.15) is 0 Å². The van der Waals surface area contributed by atoms with Gasteiger partial charge >= 0.3 is 0 Å². The minimum atomic E-state index is -0.386. The lowest BCUT2D eigenvalue weighted by atomic mass is 9.95. The van der Waals surface area contributed by atoms with Crippen LogP contribution in [-0.2, 0) is 0 Å². The van der Waals surface area contributed by atoms with Crippen LogP contribution in [-0.4, -0.2) is 16.2 Å². The summed E-state index contributed by atoms with van der Waals surface area (Å²) in [7, 11) is 0. The second-order valence-electron chi connectivity index (χ2n) is 17.0. The summed E-state index contributed by atoms with van der Waals surface area (Å²) in [5.74, 6) is 1.39. The second kappa shape index (κ2) is 15.5. The Balaban J connectivity index is 1.01. The first-order valence-electron chi connectivity index (χ1n) is 22.4. The molecule has 5 nitrogen and oxygen atoms in total. The Labute approximate surface area is 381 Å². The molecule has 0 saturated heterocycles. The van der Waals surface area contributed by atoms with Crippen LogP contribution in [0.4, 0.5) is 0 Å². The van der Waals surface area contributed by atoms with Gasteiger partial charge in [0.15, 0.2) is 5.84 Å². The van der Waals surface area contributed by atoms with E-state index in [0.29, 0.717) is 5.84 Å². The number of rotatable bonds is 7. The minimum Gasteiger partial charge on any atom is -0.455 e. The predicted molar refractivity (Wildman–Crippen MR) is 274 cm³/mol. The maximum Gasteiger partial charge on any atom is 0.160 e. The van der Waals surface area contributed by atoms with Crippen molar-refractivity contribution in [1.82, 2.24) is 9.88 Å². The van der Waals surface area contributed by atoms with Crippen LogP contribution in [0.2, 0.25) is 0 Å². The zero-order chi connectivity index (χ0) is 43.6. The molecule has 1 unspecified atom stereocenters. The Morgan fingerprint density at radius 2 is 1.05 bits per heavy atom. The molecular weight excluding hydrogens is 805 g/mol. The largest absolute Gasteiger partial charge is 0.455 e. The number of amidine groups is 2. The highest BCUT2D eigenvalue weighted by Gasteiger charge is 2.25. The van der Waals surface area contributed by atoms with E-state index in [2.05, 4.69) is 222 Å². The maximum atomic E-state index is 6.77. The van der Waals surface area contributed by atoms with E-state index in [1.54, 1.807) is 0 Å². The summed E-state index contributed by atoms with van der Waals surface area (Å²) in [5.41, 5.74) is 14.5. The number of aliphatic imine (C=N–C) groups is 2. The monoisotopic (exact) mass is 844 g/mol. The smallest absolute Gasteiger partial charge is 0.160 e. The third-order valence-electron chi connectivity index (χ3n) is 13.1. The van der Waals surface area contributed by atoms with Crippen LogP contribution in [0.3, 0.4) is 0 Å². The van der Waals surface area contributed by atoms with Crippen molar-refractivity contribution in [1.29, 1.82) is 0 Å². The van der Waals surface area contributed by atoms with Crippen molar-refractivity contribution in [3.8, 4) is 39.1 Å². The molecule has 0 bridgehead atoms. The molecule has 0 spiro atoms. The summed E-state index contributed by atoms with van der Waals surface area (Å²) in [6.07, 6.45) is -0.386. The Hall–Kier alpha value is -8.80. The molecule has 2 aromatic heterocycles. The first-order valence-corrected chi connectivity index (χ1v) is 22.4. The zero-order valence-corrected chi connectivity index (χ0v) is 35.8. The Kier molecular flexibility index (Phi) is 8.84. The molecule has 5 heteroatoms. The Morgan fingerprint density at radius 1 is 0.409 bits per heavy atom. The van der Waals surface area contributed by atoms with Crippen LogP contribution in [0.5, 0.6) is 0 Å². The van der Waals surface area contributed by atoms with Crippen molar-refractivity contribution in [2.75, 3.05) is 0 Å². The van der Waals surface area contributed by atoms with Crippen molar-refractivity contribution >= 4 is 66.2 Å². The number of hydrogen-bond donors (Lipinski definition) is 1. The van der Waals surface area contributed by atoms with Gasteiger partial charge in [0.1, 0.15) is 23.2 Å². The number of aromatic nitrogens is 1. The third kappa shape index (κ3) is 6.40. The quantitative estimate of drug-likeness (QED) is 0.174. The Morgan fingerprint density at radius 3 is 1.88 bits per heavy atom. The Bertz CT molecular complexity index is 3900. The number of nitrogens with zero attached hydrogens (tertiary/aromatic N) is 3. The fraction of sp³-hybridized carbons (Fsp3) is 0.0164. The van der Waals surface area contributed by atoms with Crippen molar-refractivity contribution < 1.29 is 4.42 Å². The fourth-order valence-corrected chi connectivity index (χ4v) is 9.84. The average molecular weight is 845 g/mol. The molecule has 1 atom stereocenters. The highest BCUT2D eigenvalue weighted by atomic mass is 16.3. The predicted octanol–water partition coefficient (Wildman–Crippen LogP) is 15.3. The lowest BCUT2D eigenvalue weighted by molar-refractivity contribution is 0.670. The SMILES string of the molecule is c1ccc(-c2ccc(-c3cccc(C4=NC(c5ccc(-n6c7ccccc7c7cc8ccccc8cc76)cc5-c5cccc6c5oc5ccccc56)=NC(c5ccccc5)N4)c3)cc2)cc1. The summed E-state index contributed by atoms with van der Waals surface area (Å²) >= 11 is 0. The van der Waals surface area contributed by atoms with Gasteiger partial charge in [0.2, 0.25) is 0 Å².